The Morgan fingerprint density at radius 2 is 2.04 bits per heavy atom. The fraction of sp³-hybridized carbons (Fsp3) is 0.632. The van der Waals surface area contributed by atoms with Crippen molar-refractivity contribution in [3.05, 3.63) is 23.2 Å². The van der Waals surface area contributed by atoms with Crippen molar-refractivity contribution in [1.29, 1.82) is 0 Å². The van der Waals surface area contributed by atoms with Crippen LogP contribution in [0.25, 0.3) is 0 Å². The second kappa shape index (κ2) is 10.00. The molecule has 1 saturated heterocycles. The summed E-state index contributed by atoms with van der Waals surface area (Å²) in [7, 11) is 2.15. The number of benzene rings is 1. The summed E-state index contributed by atoms with van der Waals surface area (Å²) in [4.78, 5) is 17.0. The number of halogens is 1. The average molecular weight is 368 g/mol. The van der Waals surface area contributed by atoms with Crippen molar-refractivity contribution in [2.75, 3.05) is 45.2 Å². The highest BCUT2D eigenvalue weighted by atomic mass is 35.5. The standard InChI is InChI=1S/C19H30ClN3O2/c1-4-13-25-18-7-6-16(14-17(18)20)21-19(24)8-5-15(2)23-11-9-22(3)10-12-23/h6-7,14-15H,4-5,8-13H2,1-3H3,(H,21,24). The summed E-state index contributed by atoms with van der Waals surface area (Å²) < 4.78 is 5.55. The number of hydrogen-bond donors (Lipinski definition) is 1. The van der Waals surface area contributed by atoms with E-state index >= 15 is 0 Å². The Morgan fingerprint density at radius 1 is 1.32 bits per heavy atom. The van der Waals surface area contributed by atoms with Crippen LogP contribution in [0.2, 0.25) is 5.02 Å². The van der Waals surface area contributed by atoms with Crippen LogP contribution in [0.3, 0.4) is 0 Å². The van der Waals surface area contributed by atoms with Crippen LogP contribution >= 0.6 is 11.6 Å². The first-order valence-corrected chi connectivity index (χ1v) is 9.52. The molecule has 6 heteroatoms. The van der Waals surface area contributed by atoms with E-state index < -0.39 is 0 Å². The minimum atomic E-state index is 0.0271. The molecular weight excluding hydrogens is 338 g/mol. The first kappa shape index (κ1) is 20.0. The number of anilines is 1. The molecule has 1 heterocycles. The number of ether oxygens (including phenoxy) is 1. The number of amides is 1. The van der Waals surface area contributed by atoms with Crippen molar-refractivity contribution < 1.29 is 9.53 Å². The molecule has 1 atom stereocenters. The van der Waals surface area contributed by atoms with E-state index in [1.54, 1.807) is 12.1 Å². The van der Waals surface area contributed by atoms with E-state index in [0.29, 0.717) is 35.5 Å². The summed E-state index contributed by atoms with van der Waals surface area (Å²) in [5, 5.41) is 3.45. The second-order valence-electron chi connectivity index (χ2n) is 6.77. The molecule has 1 aliphatic rings. The molecule has 0 aliphatic carbocycles. The van der Waals surface area contributed by atoms with Gasteiger partial charge in [-0.15, -0.1) is 0 Å². The van der Waals surface area contributed by atoms with Crippen LogP contribution in [-0.4, -0.2) is 61.6 Å². The number of carbonyl (C=O) groups excluding carboxylic acids is 1. The second-order valence-corrected chi connectivity index (χ2v) is 7.18. The topological polar surface area (TPSA) is 44.8 Å². The van der Waals surface area contributed by atoms with Crippen LogP contribution in [0.5, 0.6) is 5.75 Å². The molecule has 0 saturated carbocycles. The van der Waals surface area contributed by atoms with Crippen LogP contribution in [-0.2, 0) is 4.79 Å². The fourth-order valence-electron chi connectivity index (χ4n) is 2.92. The van der Waals surface area contributed by atoms with Crippen LogP contribution in [0.15, 0.2) is 18.2 Å². The molecule has 1 N–H and O–H groups in total. The van der Waals surface area contributed by atoms with Crippen LogP contribution in [0.4, 0.5) is 5.69 Å². The summed E-state index contributed by atoms with van der Waals surface area (Å²) in [5.74, 6) is 0.685. The highest BCUT2D eigenvalue weighted by Crippen LogP contribution is 2.28. The van der Waals surface area contributed by atoms with Gasteiger partial charge in [-0.25, -0.2) is 0 Å². The zero-order chi connectivity index (χ0) is 18.2. The molecule has 1 aromatic rings. The maximum Gasteiger partial charge on any atom is 0.224 e. The third kappa shape index (κ3) is 6.49. The van der Waals surface area contributed by atoms with Gasteiger partial charge >= 0.3 is 0 Å². The predicted octanol–water partition coefficient (Wildman–Crippen LogP) is 3.48. The van der Waals surface area contributed by atoms with Crippen molar-refractivity contribution >= 4 is 23.2 Å². The zero-order valence-electron chi connectivity index (χ0n) is 15.6. The van der Waals surface area contributed by atoms with Gasteiger partial charge in [0.25, 0.3) is 0 Å². The van der Waals surface area contributed by atoms with Gasteiger partial charge in [0.1, 0.15) is 5.75 Å². The summed E-state index contributed by atoms with van der Waals surface area (Å²) in [6, 6.07) is 5.81. The van der Waals surface area contributed by atoms with Gasteiger partial charge in [-0.05, 0) is 45.0 Å². The summed E-state index contributed by atoms with van der Waals surface area (Å²) in [6.07, 6.45) is 2.31. The number of carbonyl (C=O) groups is 1. The molecule has 25 heavy (non-hydrogen) atoms. The van der Waals surface area contributed by atoms with Crippen molar-refractivity contribution in [2.45, 2.75) is 39.2 Å². The van der Waals surface area contributed by atoms with Gasteiger partial charge in [0.15, 0.2) is 0 Å². The lowest BCUT2D eigenvalue weighted by Gasteiger charge is -2.36. The Hall–Kier alpha value is -1.30. The number of likely N-dealkylation sites (N-methyl/N-ethyl adjacent to an activating group) is 1. The third-order valence-electron chi connectivity index (χ3n) is 4.63. The van der Waals surface area contributed by atoms with E-state index in [0.717, 1.165) is 39.0 Å². The lowest BCUT2D eigenvalue weighted by atomic mass is 10.1. The van der Waals surface area contributed by atoms with E-state index in [1.165, 1.54) is 0 Å². The van der Waals surface area contributed by atoms with Gasteiger partial charge < -0.3 is 15.0 Å². The minimum absolute atomic E-state index is 0.0271. The van der Waals surface area contributed by atoms with E-state index in [2.05, 4.69) is 29.1 Å². The lowest BCUT2D eigenvalue weighted by Crippen LogP contribution is -2.48. The normalized spacial score (nSPS) is 17.3. The smallest absolute Gasteiger partial charge is 0.224 e. The highest BCUT2D eigenvalue weighted by molar-refractivity contribution is 6.32. The van der Waals surface area contributed by atoms with Crippen molar-refractivity contribution in [3.8, 4) is 5.75 Å². The molecule has 1 fully saturated rings. The maximum atomic E-state index is 12.2. The SMILES string of the molecule is CCCOc1ccc(NC(=O)CCC(C)N2CCN(C)CC2)cc1Cl. The monoisotopic (exact) mass is 367 g/mol. The fourth-order valence-corrected chi connectivity index (χ4v) is 3.15. The number of piperazine rings is 1. The van der Waals surface area contributed by atoms with Gasteiger partial charge in [-0.2, -0.15) is 0 Å². The van der Waals surface area contributed by atoms with Crippen molar-refractivity contribution in [1.82, 2.24) is 9.80 Å². The molecule has 1 aliphatic heterocycles. The zero-order valence-corrected chi connectivity index (χ0v) is 16.3. The van der Waals surface area contributed by atoms with Crippen LogP contribution in [0.1, 0.15) is 33.1 Å². The molecule has 2 rings (SSSR count). The molecule has 1 aromatic carbocycles. The van der Waals surface area contributed by atoms with E-state index in [9.17, 15) is 4.79 Å². The van der Waals surface area contributed by atoms with E-state index in [1.807, 2.05) is 13.0 Å². The summed E-state index contributed by atoms with van der Waals surface area (Å²) >= 11 is 6.20. The average Bonchev–Trinajstić information content (AvgIpc) is 2.59. The van der Waals surface area contributed by atoms with Crippen molar-refractivity contribution in [2.24, 2.45) is 0 Å². The molecule has 1 amide bonds. The van der Waals surface area contributed by atoms with Crippen LogP contribution < -0.4 is 10.1 Å². The molecule has 1 unspecified atom stereocenters. The number of nitrogens with one attached hydrogen (secondary N) is 1. The molecule has 0 radical (unpaired) electrons. The van der Waals surface area contributed by atoms with Gasteiger partial charge in [-0.1, -0.05) is 18.5 Å². The Labute approximate surface area is 156 Å². The van der Waals surface area contributed by atoms with Gasteiger partial charge in [0.2, 0.25) is 5.91 Å². The molecular formula is C19H30ClN3O2. The van der Waals surface area contributed by atoms with Gasteiger partial charge in [-0.3, -0.25) is 9.69 Å². The van der Waals surface area contributed by atoms with Crippen LogP contribution in [0, 0.1) is 0 Å². The number of nitrogens with zero attached hydrogens (tertiary/aromatic N) is 2. The minimum Gasteiger partial charge on any atom is -0.492 e. The third-order valence-corrected chi connectivity index (χ3v) is 4.92. The Bertz CT molecular complexity index is 560. The predicted molar refractivity (Wildman–Crippen MR) is 104 cm³/mol. The maximum absolute atomic E-state index is 12.2. The molecule has 5 nitrogen and oxygen atoms in total. The summed E-state index contributed by atoms with van der Waals surface area (Å²) in [5.41, 5.74) is 0.714. The lowest BCUT2D eigenvalue weighted by molar-refractivity contribution is -0.116. The number of hydrogen-bond acceptors (Lipinski definition) is 4. The first-order valence-electron chi connectivity index (χ1n) is 9.14. The molecule has 140 valence electrons. The quantitative estimate of drug-likeness (QED) is 0.764. The Balaban J connectivity index is 1.77. The van der Waals surface area contributed by atoms with Gasteiger partial charge in [0.05, 0.1) is 11.6 Å². The first-order chi connectivity index (χ1) is 12.0. The molecule has 0 aromatic heterocycles. The molecule has 0 bridgehead atoms. The highest BCUT2D eigenvalue weighted by Gasteiger charge is 2.19. The van der Waals surface area contributed by atoms with E-state index in [-0.39, 0.29) is 5.91 Å². The summed E-state index contributed by atoms with van der Waals surface area (Å²) in [6.45, 7) is 9.24. The van der Waals surface area contributed by atoms with Gasteiger partial charge in [0, 0.05) is 44.3 Å². The Morgan fingerprint density at radius 3 is 2.68 bits per heavy atom. The molecule has 0 spiro atoms. The Kier molecular flexibility index (Phi) is 8.00. The number of rotatable bonds is 8. The van der Waals surface area contributed by atoms with Crippen molar-refractivity contribution in [3.63, 3.8) is 0 Å². The van der Waals surface area contributed by atoms with E-state index in [4.69, 9.17) is 16.3 Å². The largest absolute Gasteiger partial charge is 0.492 e.